The molecule has 1 saturated heterocycles. The van der Waals surface area contributed by atoms with E-state index in [0.29, 0.717) is 17.7 Å². The summed E-state index contributed by atoms with van der Waals surface area (Å²) in [4.78, 5) is 40.0. The Hall–Kier alpha value is -2.25. The number of ether oxygens (including phenoxy) is 1. The molecule has 0 aromatic heterocycles. The number of fused-ring (bicyclic) bond motifs is 1. The third-order valence-corrected chi connectivity index (χ3v) is 4.50. The van der Waals surface area contributed by atoms with Crippen LogP contribution in [0.15, 0.2) is 24.3 Å². The normalized spacial score (nSPS) is 19.0. The second kappa shape index (κ2) is 7.76. The predicted octanol–water partition coefficient (Wildman–Crippen LogP) is 0.367. The standard InChI is InChI=1S/C18H23N3O4/c1-13(11-20-6-8-25-9-7-20)10-19-16(22)12-21-17(23)14-4-2-3-5-15(14)18(21)24/h2-5,13H,6-12H2,1H3,(H,19,22). The summed E-state index contributed by atoms with van der Waals surface area (Å²) in [6, 6.07) is 6.64. The van der Waals surface area contributed by atoms with Crippen molar-refractivity contribution < 1.29 is 19.1 Å². The van der Waals surface area contributed by atoms with Gasteiger partial charge in [0.2, 0.25) is 5.91 Å². The molecule has 1 aromatic carbocycles. The van der Waals surface area contributed by atoms with Crippen molar-refractivity contribution in [3.63, 3.8) is 0 Å². The Balaban J connectivity index is 1.47. The lowest BCUT2D eigenvalue weighted by Gasteiger charge is -2.29. The third kappa shape index (κ3) is 4.05. The number of imide groups is 1. The number of hydrogen-bond acceptors (Lipinski definition) is 5. The van der Waals surface area contributed by atoms with Gasteiger partial charge in [0, 0.05) is 26.2 Å². The lowest BCUT2D eigenvalue weighted by Crippen LogP contribution is -2.44. The Labute approximate surface area is 146 Å². The van der Waals surface area contributed by atoms with E-state index in [4.69, 9.17) is 4.74 Å². The predicted molar refractivity (Wildman–Crippen MR) is 91.2 cm³/mol. The first-order valence-corrected chi connectivity index (χ1v) is 8.58. The van der Waals surface area contributed by atoms with Crippen LogP contribution >= 0.6 is 0 Å². The number of rotatable bonds is 6. The van der Waals surface area contributed by atoms with Gasteiger partial charge in [0.15, 0.2) is 0 Å². The molecule has 0 saturated carbocycles. The molecule has 3 amide bonds. The highest BCUT2D eigenvalue weighted by atomic mass is 16.5. The van der Waals surface area contributed by atoms with E-state index in [1.807, 2.05) is 0 Å². The van der Waals surface area contributed by atoms with E-state index in [9.17, 15) is 14.4 Å². The summed E-state index contributed by atoms with van der Waals surface area (Å²) in [5.74, 6) is -0.846. The molecular weight excluding hydrogens is 322 g/mol. The van der Waals surface area contributed by atoms with E-state index in [2.05, 4.69) is 17.1 Å². The van der Waals surface area contributed by atoms with Gasteiger partial charge in [-0.1, -0.05) is 19.1 Å². The van der Waals surface area contributed by atoms with E-state index < -0.39 is 11.8 Å². The molecule has 25 heavy (non-hydrogen) atoms. The average Bonchev–Trinajstić information content (AvgIpc) is 2.86. The highest BCUT2D eigenvalue weighted by Gasteiger charge is 2.36. The minimum Gasteiger partial charge on any atom is -0.379 e. The van der Waals surface area contributed by atoms with Crippen molar-refractivity contribution in [2.24, 2.45) is 5.92 Å². The molecular formula is C18H23N3O4. The summed E-state index contributed by atoms with van der Waals surface area (Å²) in [6.07, 6.45) is 0. The summed E-state index contributed by atoms with van der Waals surface area (Å²) >= 11 is 0. The van der Waals surface area contributed by atoms with Gasteiger partial charge in [-0.3, -0.25) is 24.2 Å². The van der Waals surface area contributed by atoms with Gasteiger partial charge in [0.05, 0.1) is 24.3 Å². The van der Waals surface area contributed by atoms with Crippen molar-refractivity contribution in [1.29, 1.82) is 0 Å². The topological polar surface area (TPSA) is 79.0 Å². The summed E-state index contributed by atoms with van der Waals surface area (Å²) < 4.78 is 5.32. The number of amides is 3. The van der Waals surface area contributed by atoms with Crippen molar-refractivity contribution in [2.75, 3.05) is 45.9 Å². The van der Waals surface area contributed by atoms with Gasteiger partial charge in [0.25, 0.3) is 11.8 Å². The second-order valence-electron chi connectivity index (χ2n) is 6.56. The molecule has 7 heteroatoms. The van der Waals surface area contributed by atoms with Gasteiger partial charge in [-0.25, -0.2) is 0 Å². The fourth-order valence-electron chi connectivity index (χ4n) is 3.16. The minimum absolute atomic E-state index is 0.239. The van der Waals surface area contributed by atoms with E-state index in [0.717, 1.165) is 37.7 Å². The number of hydrogen-bond donors (Lipinski definition) is 1. The Morgan fingerprint density at radius 2 is 1.76 bits per heavy atom. The fraction of sp³-hybridized carbons (Fsp3) is 0.500. The van der Waals surface area contributed by atoms with Gasteiger partial charge < -0.3 is 10.1 Å². The third-order valence-electron chi connectivity index (χ3n) is 4.50. The Morgan fingerprint density at radius 1 is 1.16 bits per heavy atom. The maximum atomic E-state index is 12.3. The second-order valence-corrected chi connectivity index (χ2v) is 6.56. The van der Waals surface area contributed by atoms with Gasteiger partial charge >= 0.3 is 0 Å². The van der Waals surface area contributed by atoms with Crippen LogP contribution in [-0.4, -0.2) is 73.5 Å². The summed E-state index contributed by atoms with van der Waals surface area (Å²) in [7, 11) is 0. The van der Waals surface area contributed by atoms with Crippen molar-refractivity contribution >= 4 is 17.7 Å². The van der Waals surface area contributed by atoms with Gasteiger partial charge in [0.1, 0.15) is 6.54 Å². The monoisotopic (exact) mass is 345 g/mol. The number of carbonyl (C=O) groups is 3. The lowest BCUT2D eigenvalue weighted by atomic mass is 10.1. The zero-order chi connectivity index (χ0) is 17.8. The molecule has 0 radical (unpaired) electrons. The summed E-state index contributed by atoms with van der Waals surface area (Å²) in [5, 5.41) is 2.82. The molecule has 1 N–H and O–H groups in total. The van der Waals surface area contributed by atoms with E-state index in [1.54, 1.807) is 24.3 Å². The molecule has 0 bridgehead atoms. The molecule has 2 aliphatic rings. The molecule has 7 nitrogen and oxygen atoms in total. The molecule has 2 heterocycles. The summed E-state index contributed by atoms with van der Waals surface area (Å²) in [6.45, 7) is 6.54. The number of nitrogens with one attached hydrogen (secondary N) is 1. The zero-order valence-electron chi connectivity index (χ0n) is 14.4. The van der Waals surface area contributed by atoms with Crippen molar-refractivity contribution in [3.05, 3.63) is 35.4 Å². The number of nitrogens with zero attached hydrogens (tertiary/aromatic N) is 2. The van der Waals surface area contributed by atoms with E-state index >= 15 is 0 Å². The van der Waals surface area contributed by atoms with Crippen LogP contribution in [0.3, 0.4) is 0 Å². The van der Waals surface area contributed by atoms with E-state index in [1.165, 1.54) is 0 Å². The summed E-state index contributed by atoms with van der Waals surface area (Å²) in [5.41, 5.74) is 0.724. The molecule has 1 unspecified atom stereocenters. The average molecular weight is 345 g/mol. The Bertz CT molecular complexity index is 635. The van der Waals surface area contributed by atoms with E-state index in [-0.39, 0.29) is 18.4 Å². The van der Waals surface area contributed by atoms with Crippen LogP contribution in [0.5, 0.6) is 0 Å². The Kier molecular flexibility index (Phi) is 5.45. The molecule has 1 fully saturated rings. The van der Waals surface area contributed by atoms with Crippen molar-refractivity contribution in [1.82, 2.24) is 15.1 Å². The Morgan fingerprint density at radius 3 is 2.36 bits per heavy atom. The first-order valence-electron chi connectivity index (χ1n) is 8.58. The molecule has 1 atom stereocenters. The van der Waals surface area contributed by atoms with Gasteiger partial charge in [-0.05, 0) is 18.1 Å². The maximum absolute atomic E-state index is 12.3. The molecule has 134 valence electrons. The first-order chi connectivity index (χ1) is 12.1. The number of benzene rings is 1. The van der Waals surface area contributed by atoms with Crippen LogP contribution in [0, 0.1) is 5.92 Å². The van der Waals surface area contributed by atoms with Crippen LogP contribution < -0.4 is 5.32 Å². The van der Waals surface area contributed by atoms with Crippen molar-refractivity contribution in [2.45, 2.75) is 6.92 Å². The van der Waals surface area contributed by atoms with Crippen LogP contribution in [0.25, 0.3) is 0 Å². The molecule has 3 rings (SSSR count). The largest absolute Gasteiger partial charge is 0.379 e. The molecule has 0 aliphatic carbocycles. The SMILES string of the molecule is CC(CNC(=O)CN1C(=O)c2ccccc2C1=O)CN1CCOCC1. The minimum atomic E-state index is -0.405. The first kappa shape index (κ1) is 17.6. The molecule has 2 aliphatic heterocycles. The van der Waals surface area contributed by atoms with Crippen LogP contribution in [0.1, 0.15) is 27.6 Å². The van der Waals surface area contributed by atoms with Crippen LogP contribution in [0.2, 0.25) is 0 Å². The molecule has 1 aromatic rings. The smallest absolute Gasteiger partial charge is 0.262 e. The highest BCUT2D eigenvalue weighted by Crippen LogP contribution is 2.21. The maximum Gasteiger partial charge on any atom is 0.262 e. The van der Waals surface area contributed by atoms with Gasteiger partial charge in [-0.2, -0.15) is 0 Å². The lowest BCUT2D eigenvalue weighted by molar-refractivity contribution is -0.121. The van der Waals surface area contributed by atoms with Crippen molar-refractivity contribution in [3.8, 4) is 0 Å². The van der Waals surface area contributed by atoms with Gasteiger partial charge in [-0.15, -0.1) is 0 Å². The number of carbonyl (C=O) groups excluding carboxylic acids is 3. The van der Waals surface area contributed by atoms with Crippen LogP contribution in [0.4, 0.5) is 0 Å². The molecule has 0 spiro atoms. The number of morpholine rings is 1. The zero-order valence-corrected chi connectivity index (χ0v) is 14.4. The fourth-order valence-corrected chi connectivity index (χ4v) is 3.16. The van der Waals surface area contributed by atoms with Crippen LogP contribution in [-0.2, 0) is 9.53 Å². The quantitative estimate of drug-likeness (QED) is 0.754. The highest BCUT2D eigenvalue weighted by molar-refractivity contribution is 6.22.